The molecule has 3 heterocycles. The lowest BCUT2D eigenvalue weighted by molar-refractivity contribution is 0.243. The Balaban J connectivity index is 1.52. The van der Waals surface area contributed by atoms with Gasteiger partial charge in [0.25, 0.3) is 5.56 Å². The van der Waals surface area contributed by atoms with Crippen LogP contribution in [0.15, 0.2) is 20.7 Å². The van der Waals surface area contributed by atoms with Crippen molar-refractivity contribution in [3.63, 3.8) is 0 Å². The van der Waals surface area contributed by atoms with Gasteiger partial charge in [0.15, 0.2) is 0 Å². The molecule has 4 rings (SSSR count). The summed E-state index contributed by atoms with van der Waals surface area (Å²) >= 11 is 5.28. The molecule has 2 aromatic heterocycles. The zero-order chi connectivity index (χ0) is 16.5. The molecule has 1 aliphatic heterocycles. The number of aromatic nitrogens is 2. The van der Waals surface area contributed by atoms with E-state index in [9.17, 15) is 4.79 Å². The van der Waals surface area contributed by atoms with Crippen molar-refractivity contribution in [1.29, 1.82) is 0 Å². The van der Waals surface area contributed by atoms with Crippen LogP contribution >= 0.6 is 27.3 Å². The lowest BCUT2D eigenvalue weighted by Crippen LogP contribution is -2.36. The highest BCUT2D eigenvalue weighted by Crippen LogP contribution is 2.31. The molecule has 1 aliphatic carbocycles. The van der Waals surface area contributed by atoms with E-state index in [4.69, 9.17) is 4.98 Å². The molecule has 1 saturated carbocycles. The van der Waals surface area contributed by atoms with Crippen molar-refractivity contribution in [3.8, 4) is 0 Å². The number of aromatic amines is 1. The molecule has 128 valence electrons. The minimum atomic E-state index is 0.0811. The van der Waals surface area contributed by atoms with Gasteiger partial charge >= 0.3 is 0 Å². The standard InChI is InChI=1S/C18H22BrN3OS/c19-16-7-6-13(24-16)10-22-9-8-15-14(11-22)18(23)21-17(20-15)12-4-2-1-3-5-12/h6-7,12H,1-5,8-11H2,(H,20,21,23). The Morgan fingerprint density at radius 1 is 1.29 bits per heavy atom. The summed E-state index contributed by atoms with van der Waals surface area (Å²) in [6.45, 7) is 2.58. The third-order valence-corrected chi connectivity index (χ3v) is 6.77. The summed E-state index contributed by atoms with van der Waals surface area (Å²) in [6.07, 6.45) is 7.05. The summed E-state index contributed by atoms with van der Waals surface area (Å²) in [4.78, 5) is 24.2. The van der Waals surface area contributed by atoms with Gasteiger partial charge in [-0.05, 0) is 40.9 Å². The molecule has 0 amide bonds. The zero-order valence-electron chi connectivity index (χ0n) is 13.7. The highest BCUT2D eigenvalue weighted by atomic mass is 79.9. The van der Waals surface area contributed by atoms with Crippen molar-refractivity contribution in [2.75, 3.05) is 6.54 Å². The van der Waals surface area contributed by atoms with Crippen molar-refractivity contribution < 1.29 is 0 Å². The molecular weight excluding hydrogens is 386 g/mol. The number of nitrogens with zero attached hydrogens (tertiary/aromatic N) is 2. The zero-order valence-corrected chi connectivity index (χ0v) is 16.1. The van der Waals surface area contributed by atoms with E-state index in [-0.39, 0.29) is 5.56 Å². The van der Waals surface area contributed by atoms with E-state index in [2.05, 4.69) is 37.9 Å². The van der Waals surface area contributed by atoms with Crippen LogP contribution < -0.4 is 5.56 Å². The number of hydrogen-bond acceptors (Lipinski definition) is 4. The third kappa shape index (κ3) is 3.51. The van der Waals surface area contributed by atoms with Crippen molar-refractivity contribution in [2.24, 2.45) is 0 Å². The molecule has 0 atom stereocenters. The highest BCUT2D eigenvalue weighted by Gasteiger charge is 2.24. The molecule has 6 heteroatoms. The van der Waals surface area contributed by atoms with E-state index < -0.39 is 0 Å². The van der Waals surface area contributed by atoms with Crippen LogP contribution in [0.3, 0.4) is 0 Å². The molecule has 24 heavy (non-hydrogen) atoms. The Morgan fingerprint density at radius 2 is 2.12 bits per heavy atom. The molecule has 0 radical (unpaired) electrons. The summed E-state index contributed by atoms with van der Waals surface area (Å²) in [6, 6.07) is 4.24. The van der Waals surface area contributed by atoms with Gasteiger partial charge in [0, 0.05) is 36.9 Å². The Hall–Kier alpha value is -0.980. The molecular formula is C18H22BrN3OS. The predicted molar refractivity (Wildman–Crippen MR) is 101 cm³/mol. The van der Waals surface area contributed by atoms with Crippen LogP contribution in [0.5, 0.6) is 0 Å². The number of hydrogen-bond donors (Lipinski definition) is 1. The van der Waals surface area contributed by atoms with Gasteiger partial charge in [0.05, 0.1) is 15.0 Å². The summed E-state index contributed by atoms with van der Waals surface area (Å²) in [5, 5.41) is 0. The summed E-state index contributed by atoms with van der Waals surface area (Å²) in [7, 11) is 0. The average molecular weight is 408 g/mol. The number of fused-ring (bicyclic) bond motifs is 1. The summed E-state index contributed by atoms with van der Waals surface area (Å²) < 4.78 is 1.16. The van der Waals surface area contributed by atoms with Crippen LogP contribution in [0.4, 0.5) is 0 Å². The molecule has 1 N–H and O–H groups in total. The van der Waals surface area contributed by atoms with Crippen LogP contribution in [0.2, 0.25) is 0 Å². The monoisotopic (exact) mass is 407 g/mol. The Bertz CT molecular complexity index is 779. The van der Waals surface area contributed by atoms with Crippen LogP contribution in [0, 0.1) is 0 Å². The van der Waals surface area contributed by atoms with Crippen LogP contribution in [0.25, 0.3) is 0 Å². The van der Waals surface area contributed by atoms with Gasteiger partial charge in [-0.25, -0.2) is 4.98 Å². The lowest BCUT2D eigenvalue weighted by Gasteiger charge is -2.28. The maximum atomic E-state index is 12.6. The predicted octanol–water partition coefficient (Wildman–Crippen LogP) is 4.20. The second kappa shape index (κ2) is 7.10. The van der Waals surface area contributed by atoms with E-state index in [1.807, 2.05) is 0 Å². The molecule has 1 fully saturated rings. The van der Waals surface area contributed by atoms with Gasteiger partial charge in [0.1, 0.15) is 5.82 Å². The first kappa shape index (κ1) is 16.5. The van der Waals surface area contributed by atoms with Gasteiger partial charge in [-0.1, -0.05) is 19.3 Å². The lowest BCUT2D eigenvalue weighted by atomic mass is 9.88. The normalized spacial score (nSPS) is 19.4. The second-order valence-corrected chi connectivity index (χ2v) is 9.43. The van der Waals surface area contributed by atoms with Crippen molar-refractivity contribution >= 4 is 27.3 Å². The number of H-pyrrole nitrogens is 1. The van der Waals surface area contributed by atoms with Gasteiger partial charge in [-0.15, -0.1) is 11.3 Å². The molecule has 2 aromatic rings. The minimum absolute atomic E-state index is 0.0811. The molecule has 4 nitrogen and oxygen atoms in total. The molecule has 0 aromatic carbocycles. The molecule has 0 saturated heterocycles. The first-order chi connectivity index (χ1) is 11.7. The fourth-order valence-corrected chi connectivity index (χ4v) is 5.39. The van der Waals surface area contributed by atoms with E-state index in [1.165, 1.54) is 37.0 Å². The number of halogens is 1. The Labute approximate surface area is 154 Å². The second-order valence-electron chi connectivity index (χ2n) is 6.88. The van der Waals surface area contributed by atoms with Crippen molar-refractivity contribution in [3.05, 3.63) is 48.2 Å². The first-order valence-electron chi connectivity index (χ1n) is 8.77. The van der Waals surface area contributed by atoms with Gasteiger partial charge in [0.2, 0.25) is 0 Å². The number of thiophene rings is 1. The summed E-state index contributed by atoms with van der Waals surface area (Å²) in [5.41, 5.74) is 1.98. The molecule has 0 bridgehead atoms. The maximum Gasteiger partial charge on any atom is 0.255 e. The summed E-state index contributed by atoms with van der Waals surface area (Å²) in [5.74, 6) is 1.40. The largest absolute Gasteiger partial charge is 0.310 e. The van der Waals surface area contributed by atoms with E-state index in [1.54, 1.807) is 11.3 Å². The van der Waals surface area contributed by atoms with Gasteiger partial charge < -0.3 is 4.98 Å². The topological polar surface area (TPSA) is 49.0 Å². The van der Waals surface area contributed by atoms with Gasteiger partial charge in [-0.2, -0.15) is 0 Å². The maximum absolute atomic E-state index is 12.6. The number of rotatable bonds is 3. The SMILES string of the molecule is O=c1[nH]c(C2CCCCC2)nc2c1CN(Cc1ccc(Br)s1)CC2. The van der Waals surface area contributed by atoms with Crippen LogP contribution in [0.1, 0.15) is 60.0 Å². The molecule has 2 aliphatic rings. The molecule has 0 spiro atoms. The van der Waals surface area contributed by atoms with Crippen molar-refractivity contribution in [1.82, 2.24) is 14.9 Å². The quantitative estimate of drug-likeness (QED) is 0.828. The Morgan fingerprint density at radius 3 is 2.88 bits per heavy atom. The first-order valence-corrected chi connectivity index (χ1v) is 10.4. The van der Waals surface area contributed by atoms with Crippen molar-refractivity contribution in [2.45, 2.75) is 57.5 Å². The van der Waals surface area contributed by atoms with E-state index >= 15 is 0 Å². The fraction of sp³-hybridized carbons (Fsp3) is 0.556. The van der Waals surface area contributed by atoms with E-state index in [0.29, 0.717) is 12.5 Å². The average Bonchev–Trinajstić information content (AvgIpc) is 3.01. The fourth-order valence-electron chi connectivity index (χ4n) is 3.86. The smallest absolute Gasteiger partial charge is 0.255 e. The molecule has 0 unspecified atom stereocenters. The third-order valence-electron chi connectivity index (χ3n) is 5.17. The Kier molecular flexibility index (Phi) is 4.88. The highest BCUT2D eigenvalue weighted by molar-refractivity contribution is 9.11. The van der Waals surface area contributed by atoms with Crippen LogP contribution in [-0.2, 0) is 19.5 Å². The van der Waals surface area contributed by atoms with E-state index in [0.717, 1.165) is 40.4 Å². The number of nitrogens with one attached hydrogen (secondary N) is 1. The minimum Gasteiger partial charge on any atom is -0.310 e. The van der Waals surface area contributed by atoms with Crippen LogP contribution in [-0.4, -0.2) is 21.4 Å². The van der Waals surface area contributed by atoms with Gasteiger partial charge in [-0.3, -0.25) is 9.69 Å².